The molecule has 3 rings (SSSR count). The van der Waals surface area contributed by atoms with Gasteiger partial charge in [0.15, 0.2) is 0 Å². The molecular weight excluding hydrogens is 292 g/mol. The minimum Gasteiger partial charge on any atom is -0.398 e. The highest BCUT2D eigenvalue weighted by molar-refractivity contribution is 6.53. The van der Waals surface area contributed by atoms with E-state index in [1.807, 2.05) is 45.9 Å². The van der Waals surface area contributed by atoms with Crippen LogP contribution in [0.3, 0.4) is 0 Å². The largest absolute Gasteiger partial charge is 0.525 e. The minimum absolute atomic E-state index is 0.270. The van der Waals surface area contributed by atoms with Crippen LogP contribution in [0.4, 0.5) is 4.39 Å². The van der Waals surface area contributed by atoms with Crippen molar-refractivity contribution in [1.29, 1.82) is 5.26 Å². The van der Waals surface area contributed by atoms with E-state index >= 15 is 0 Å². The fourth-order valence-electron chi connectivity index (χ4n) is 2.94. The maximum atomic E-state index is 14.7. The fourth-order valence-corrected chi connectivity index (χ4v) is 2.94. The summed E-state index contributed by atoms with van der Waals surface area (Å²) in [6.45, 7) is 7.67. The highest BCUT2D eigenvalue weighted by Gasteiger charge is 2.54. The third kappa shape index (κ3) is 2.82. The third-order valence-electron chi connectivity index (χ3n) is 5.27. The molecule has 23 heavy (non-hydrogen) atoms. The van der Waals surface area contributed by atoms with Crippen LogP contribution < -0.4 is 0 Å². The van der Waals surface area contributed by atoms with E-state index in [0.717, 1.165) is 11.1 Å². The molecule has 2 aliphatic rings. The number of hydrogen-bond acceptors (Lipinski definition) is 3. The minimum atomic E-state index is -0.901. The lowest BCUT2D eigenvalue weighted by atomic mass is 9.70. The molecule has 3 nitrogen and oxygen atoms in total. The van der Waals surface area contributed by atoms with E-state index < -0.39 is 18.3 Å². The van der Waals surface area contributed by atoms with Gasteiger partial charge in [-0.05, 0) is 69.7 Å². The Hall–Kier alpha value is -1.64. The molecule has 2 fully saturated rings. The van der Waals surface area contributed by atoms with E-state index in [9.17, 15) is 4.39 Å². The first-order chi connectivity index (χ1) is 10.7. The molecule has 0 unspecified atom stereocenters. The van der Waals surface area contributed by atoms with Crippen molar-refractivity contribution in [1.82, 2.24) is 0 Å². The third-order valence-corrected chi connectivity index (χ3v) is 5.27. The number of allylic oxidation sites excluding steroid dienone is 1. The highest BCUT2D eigenvalue weighted by Crippen LogP contribution is 2.46. The normalized spacial score (nSPS) is 25.0. The molecule has 1 heterocycles. The average Bonchev–Trinajstić information content (AvgIpc) is 2.66. The van der Waals surface area contributed by atoms with Gasteiger partial charge in [0.1, 0.15) is 5.73 Å². The summed E-state index contributed by atoms with van der Waals surface area (Å²) < 4.78 is 26.2. The van der Waals surface area contributed by atoms with E-state index in [1.165, 1.54) is 0 Å². The van der Waals surface area contributed by atoms with Crippen molar-refractivity contribution >= 4 is 7.12 Å². The van der Waals surface area contributed by atoms with E-state index in [2.05, 4.69) is 6.07 Å². The summed E-state index contributed by atoms with van der Waals surface area (Å²) in [5, 5.41) is 8.96. The highest BCUT2D eigenvalue weighted by atomic mass is 19.1. The molecule has 1 aliphatic carbocycles. The number of halogens is 1. The Bertz CT molecular complexity index is 681. The number of nitriles is 1. The van der Waals surface area contributed by atoms with E-state index in [0.29, 0.717) is 18.4 Å². The monoisotopic (exact) mass is 313 g/mol. The molecule has 1 saturated carbocycles. The summed E-state index contributed by atoms with van der Waals surface area (Å²) >= 11 is 0. The van der Waals surface area contributed by atoms with Gasteiger partial charge in [-0.3, -0.25) is 0 Å². The van der Waals surface area contributed by atoms with Crippen LogP contribution in [0, 0.1) is 11.3 Å². The van der Waals surface area contributed by atoms with Gasteiger partial charge in [0, 0.05) is 0 Å². The standard InChI is InChI=1S/C18H21BFNO2/c1-17(2)18(3,4)23-19(22-17)16(20)15-9-14(10-15)13-7-5-6-12(8-13)11-21/h5-8,14H,9-10H2,1-4H3. The van der Waals surface area contributed by atoms with Crippen LogP contribution in [0.2, 0.25) is 0 Å². The topological polar surface area (TPSA) is 42.2 Å². The lowest BCUT2D eigenvalue weighted by Gasteiger charge is -2.32. The number of hydrogen-bond donors (Lipinski definition) is 0. The predicted octanol–water partition coefficient (Wildman–Crippen LogP) is 4.29. The Kier molecular flexibility index (Phi) is 3.86. The average molecular weight is 313 g/mol. The first kappa shape index (κ1) is 16.2. The van der Waals surface area contributed by atoms with Gasteiger partial charge >= 0.3 is 7.12 Å². The molecule has 5 heteroatoms. The number of benzene rings is 1. The zero-order chi connectivity index (χ0) is 16.8. The summed E-state index contributed by atoms with van der Waals surface area (Å²) in [5.74, 6) is 0.270. The van der Waals surface area contributed by atoms with E-state index in [1.54, 1.807) is 6.07 Å². The van der Waals surface area contributed by atoms with Gasteiger partial charge in [-0.1, -0.05) is 12.1 Å². The molecule has 1 aliphatic heterocycles. The van der Waals surface area contributed by atoms with Crippen molar-refractivity contribution in [3.63, 3.8) is 0 Å². The van der Waals surface area contributed by atoms with E-state index in [4.69, 9.17) is 14.6 Å². The lowest BCUT2D eigenvalue weighted by Crippen LogP contribution is -2.41. The Morgan fingerprint density at radius 1 is 1.22 bits per heavy atom. The second kappa shape index (κ2) is 5.47. The Morgan fingerprint density at radius 3 is 2.39 bits per heavy atom. The van der Waals surface area contributed by atoms with E-state index in [-0.39, 0.29) is 11.6 Å². The van der Waals surface area contributed by atoms with Crippen LogP contribution >= 0.6 is 0 Å². The second-order valence-electron chi connectivity index (χ2n) is 7.38. The van der Waals surface area contributed by atoms with Crippen molar-refractivity contribution in [3.05, 3.63) is 46.7 Å². The van der Waals surface area contributed by atoms with Crippen LogP contribution in [0.15, 0.2) is 35.6 Å². The molecule has 0 atom stereocenters. The molecule has 1 aromatic rings. The van der Waals surface area contributed by atoms with Crippen LogP contribution in [0.25, 0.3) is 0 Å². The summed E-state index contributed by atoms with van der Waals surface area (Å²) in [7, 11) is -0.901. The Labute approximate surface area is 137 Å². The first-order valence-corrected chi connectivity index (χ1v) is 7.96. The Balaban J connectivity index is 1.71. The van der Waals surface area contributed by atoms with Crippen molar-refractivity contribution in [3.8, 4) is 6.07 Å². The zero-order valence-corrected chi connectivity index (χ0v) is 14.0. The molecular formula is C18H21BFNO2. The summed E-state index contributed by atoms with van der Waals surface area (Å²) in [5.41, 5.74) is 1.16. The van der Waals surface area contributed by atoms with Gasteiger partial charge < -0.3 is 9.31 Å². The number of nitrogens with zero attached hydrogens (tertiary/aromatic N) is 1. The summed E-state index contributed by atoms with van der Waals surface area (Å²) in [6, 6.07) is 9.68. The molecule has 120 valence electrons. The molecule has 0 spiro atoms. The van der Waals surface area contributed by atoms with Crippen molar-refractivity contribution in [2.75, 3.05) is 0 Å². The fraction of sp³-hybridized carbons (Fsp3) is 0.500. The smallest absolute Gasteiger partial charge is 0.398 e. The zero-order valence-electron chi connectivity index (χ0n) is 14.0. The van der Waals surface area contributed by atoms with Gasteiger partial charge in [0.2, 0.25) is 0 Å². The molecule has 0 bridgehead atoms. The van der Waals surface area contributed by atoms with Crippen molar-refractivity contribution in [2.24, 2.45) is 0 Å². The molecule has 0 amide bonds. The predicted molar refractivity (Wildman–Crippen MR) is 87.3 cm³/mol. The van der Waals surface area contributed by atoms with Gasteiger partial charge in [-0.25, -0.2) is 4.39 Å². The van der Waals surface area contributed by atoms with Crippen molar-refractivity contribution < 1.29 is 13.7 Å². The molecule has 1 saturated heterocycles. The first-order valence-electron chi connectivity index (χ1n) is 7.96. The molecule has 1 aromatic carbocycles. The van der Waals surface area contributed by atoms with Crippen LogP contribution in [-0.4, -0.2) is 18.3 Å². The number of rotatable bonds is 2. The van der Waals surface area contributed by atoms with Gasteiger partial charge in [0.25, 0.3) is 0 Å². The van der Waals surface area contributed by atoms with Gasteiger partial charge in [0.05, 0.1) is 22.8 Å². The molecule has 0 radical (unpaired) electrons. The maximum Gasteiger partial charge on any atom is 0.525 e. The van der Waals surface area contributed by atoms with Gasteiger partial charge in [-0.15, -0.1) is 0 Å². The lowest BCUT2D eigenvalue weighted by molar-refractivity contribution is 0.00578. The summed E-state index contributed by atoms with van der Waals surface area (Å²) in [4.78, 5) is 0. The summed E-state index contributed by atoms with van der Waals surface area (Å²) in [6.07, 6.45) is 1.32. The molecule has 0 aromatic heterocycles. The maximum absolute atomic E-state index is 14.7. The van der Waals surface area contributed by atoms with Crippen LogP contribution in [-0.2, 0) is 9.31 Å². The quantitative estimate of drug-likeness (QED) is 0.765. The van der Waals surface area contributed by atoms with Gasteiger partial charge in [-0.2, -0.15) is 5.26 Å². The molecule has 0 N–H and O–H groups in total. The van der Waals surface area contributed by atoms with Crippen LogP contribution in [0.5, 0.6) is 0 Å². The SMILES string of the molecule is CC1(C)OB(C(F)=C2CC(c3cccc(C#N)c3)C2)OC1(C)C. The second-order valence-corrected chi connectivity index (χ2v) is 7.38. The van der Waals surface area contributed by atoms with Crippen LogP contribution in [0.1, 0.15) is 57.6 Å². The Morgan fingerprint density at radius 2 is 1.83 bits per heavy atom. The van der Waals surface area contributed by atoms with Crippen molar-refractivity contribution in [2.45, 2.75) is 57.7 Å².